The molecule has 1 aromatic heterocycles. The van der Waals surface area contributed by atoms with Gasteiger partial charge in [0.05, 0.1) is 19.3 Å². The van der Waals surface area contributed by atoms with E-state index in [0.717, 1.165) is 18.4 Å². The smallest absolute Gasteiger partial charge is 0.240 e. The predicted molar refractivity (Wildman–Crippen MR) is 104 cm³/mol. The van der Waals surface area contributed by atoms with Gasteiger partial charge in [-0.15, -0.1) is 0 Å². The SMILES string of the molecule is CC(=O)NCCOC1CC(COc2ncnc(OCc3ccc(F)cc3)c2Cl)C1. The normalized spacial score (nSPS) is 18.0. The zero-order valence-corrected chi connectivity index (χ0v) is 16.8. The summed E-state index contributed by atoms with van der Waals surface area (Å²) in [5, 5.41) is 2.90. The van der Waals surface area contributed by atoms with E-state index >= 15 is 0 Å². The van der Waals surface area contributed by atoms with E-state index in [9.17, 15) is 9.18 Å². The number of nitrogens with zero attached hydrogens (tertiary/aromatic N) is 2. The van der Waals surface area contributed by atoms with Gasteiger partial charge >= 0.3 is 0 Å². The molecule has 7 nitrogen and oxygen atoms in total. The van der Waals surface area contributed by atoms with Crippen LogP contribution in [0.15, 0.2) is 30.6 Å². The minimum atomic E-state index is -0.305. The monoisotopic (exact) mass is 423 g/mol. The molecule has 1 fully saturated rings. The zero-order valence-electron chi connectivity index (χ0n) is 16.1. The summed E-state index contributed by atoms with van der Waals surface area (Å²) in [6, 6.07) is 5.99. The number of halogens is 2. The van der Waals surface area contributed by atoms with E-state index in [0.29, 0.717) is 25.7 Å². The van der Waals surface area contributed by atoms with Crippen molar-refractivity contribution in [1.82, 2.24) is 15.3 Å². The van der Waals surface area contributed by atoms with Crippen molar-refractivity contribution in [3.05, 3.63) is 47.0 Å². The zero-order chi connectivity index (χ0) is 20.6. The highest BCUT2D eigenvalue weighted by molar-refractivity contribution is 6.33. The molecule has 0 aliphatic heterocycles. The van der Waals surface area contributed by atoms with E-state index in [1.165, 1.54) is 25.4 Å². The second-order valence-corrected chi connectivity index (χ2v) is 7.22. The molecule has 1 amide bonds. The molecule has 0 radical (unpaired) electrons. The Kier molecular flexibility index (Phi) is 7.60. The lowest BCUT2D eigenvalue weighted by atomic mass is 9.83. The first-order chi connectivity index (χ1) is 14.0. The number of carbonyl (C=O) groups excluding carboxylic acids is 1. The highest BCUT2D eigenvalue weighted by Gasteiger charge is 2.30. The van der Waals surface area contributed by atoms with Crippen LogP contribution in [0, 0.1) is 11.7 Å². The topological polar surface area (TPSA) is 82.6 Å². The number of hydrogen-bond donors (Lipinski definition) is 1. The molecule has 9 heteroatoms. The molecule has 0 bridgehead atoms. The molecule has 2 aromatic rings. The van der Waals surface area contributed by atoms with Crippen LogP contribution < -0.4 is 14.8 Å². The van der Waals surface area contributed by atoms with Gasteiger partial charge in [0.2, 0.25) is 17.7 Å². The Morgan fingerprint density at radius 2 is 1.90 bits per heavy atom. The highest BCUT2D eigenvalue weighted by atomic mass is 35.5. The number of hydrogen-bond acceptors (Lipinski definition) is 6. The summed E-state index contributed by atoms with van der Waals surface area (Å²) < 4.78 is 30.0. The van der Waals surface area contributed by atoms with Crippen LogP contribution in [-0.2, 0) is 16.1 Å². The fourth-order valence-electron chi connectivity index (χ4n) is 2.87. The molecule has 0 atom stereocenters. The van der Waals surface area contributed by atoms with E-state index < -0.39 is 0 Å². The van der Waals surface area contributed by atoms with E-state index in [4.69, 9.17) is 25.8 Å². The van der Waals surface area contributed by atoms with Crippen molar-refractivity contribution in [2.45, 2.75) is 32.5 Å². The fourth-order valence-corrected chi connectivity index (χ4v) is 3.07. The third-order valence-electron chi connectivity index (χ3n) is 4.49. The van der Waals surface area contributed by atoms with Crippen molar-refractivity contribution >= 4 is 17.5 Å². The van der Waals surface area contributed by atoms with Crippen molar-refractivity contribution in [2.24, 2.45) is 5.92 Å². The van der Waals surface area contributed by atoms with Gasteiger partial charge in [0.15, 0.2) is 5.02 Å². The minimum Gasteiger partial charge on any atom is -0.476 e. The third-order valence-corrected chi connectivity index (χ3v) is 4.82. The average molecular weight is 424 g/mol. The second kappa shape index (κ2) is 10.4. The molecule has 3 rings (SSSR count). The number of benzene rings is 1. The molecule has 1 aromatic carbocycles. The van der Waals surface area contributed by atoms with Crippen LogP contribution in [0.25, 0.3) is 0 Å². The Morgan fingerprint density at radius 3 is 2.59 bits per heavy atom. The molecule has 1 aliphatic rings. The van der Waals surface area contributed by atoms with Crippen molar-refractivity contribution in [3.8, 4) is 11.8 Å². The van der Waals surface area contributed by atoms with Crippen LogP contribution in [0.5, 0.6) is 11.8 Å². The van der Waals surface area contributed by atoms with E-state index in [-0.39, 0.29) is 41.2 Å². The number of amides is 1. The van der Waals surface area contributed by atoms with Gasteiger partial charge in [-0.2, -0.15) is 0 Å². The molecule has 1 heterocycles. The number of ether oxygens (including phenoxy) is 3. The maximum atomic E-state index is 13.0. The van der Waals surface area contributed by atoms with E-state index in [1.54, 1.807) is 12.1 Å². The van der Waals surface area contributed by atoms with Crippen LogP contribution in [-0.4, -0.2) is 41.7 Å². The average Bonchev–Trinajstić information content (AvgIpc) is 2.67. The van der Waals surface area contributed by atoms with Gasteiger partial charge < -0.3 is 19.5 Å². The summed E-state index contributed by atoms with van der Waals surface area (Å²) in [6.45, 7) is 3.18. The Morgan fingerprint density at radius 1 is 1.21 bits per heavy atom. The molecule has 0 spiro atoms. The summed E-state index contributed by atoms with van der Waals surface area (Å²) in [6.07, 6.45) is 3.29. The molecule has 156 valence electrons. The first-order valence-corrected chi connectivity index (χ1v) is 9.75. The Labute approximate surface area is 173 Å². The minimum absolute atomic E-state index is 0.0590. The Bertz CT molecular complexity index is 816. The number of nitrogens with one attached hydrogen (secondary N) is 1. The summed E-state index contributed by atoms with van der Waals surface area (Å²) in [5.74, 6) is 0.479. The Hall–Kier alpha value is -2.45. The summed E-state index contributed by atoms with van der Waals surface area (Å²) >= 11 is 6.29. The van der Waals surface area contributed by atoms with Crippen molar-refractivity contribution < 1.29 is 23.4 Å². The molecule has 29 heavy (non-hydrogen) atoms. The molecule has 1 N–H and O–H groups in total. The molecule has 0 saturated heterocycles. The van der Waals surface area contributed by atoms with Crippen LogP contribution in [0.4, 0.5) is 4.39 Å². The number of carbonyl (C=O) groups is 1. The van der Waals surface area contributed by atoms with Gasteiger partial charge in [-0.3, -0.25) is 4.79 Å². The van der Waals surface area contributed by atoms with Crippen molar-refractivity contribution in [3.63, 3.8) is 0 Å². The van der Waals surface area contributed by atoms with Gasteiger partial charge in [-0.1, -0.05) is 23.7 Å². The lowest BCUT2D eigenvalue weighted by Gasteiger charge is -2.34. The molecular weight excluding hydrogens is 401 g/mol. The van der Waals surface area contributed by atoms with Gasteiger partial charge in [-0.05, 0) is 36.5 Å². The van der Waals surface area contributed by atoms with Crippen LogP contribution in [0.2, 0.25) is 5.02 Å². The van der Waals surface area contributed by atoms with Gasteiger partial charge in [0.25, 0.3) is 0 Å². The molecule has 1 aliphatic carbocycles. The van der Waals surface area contributed by atoms with Crippen LogP contribution in [0.1, 0.15) is 25.3 Å². The lowest BCUT2D eigenvalue weighted by Crippen LogP contribution is -2.37. The first kappa shape index (κ1) is 21.3. The maximum absolute atomic E-state index is 13.0. The lowest BCUT2D eigenvalue weighted by molar-refractivity contribution is -0.119. The largest absolute Gasteiger partial charge is 0.476 e. The van der Waals surface area contributed by atoms with Gasteiger partial charge in [0.1, 0.15) is 18.8 Å². The second-order valence-electron chi connectivity index (χ2n) is 6.84. The molecule has 0 unspecified atom stereocenters. The summed E-state index contributed by atoms with van der Waals surface area (Å²) in [4.78, 5) is 18.9. The Balaban J connectivity index is 1.40. The fraction of sp³-hybridized carbons (Fsp3) is 0.450. The standard InChI is InChI=1S/C20H23ClFN3O4/c1-13(26)23-6-7-27-17-8-15(9-17)11-29-20-18(21)19(24-12-25-20)28-10-14-2-4-16(22)5-3-14/h2-5,12,15,17H,6-11H2,1H3,(H,23,26). The molecule has 1 saturated carbocycles. The van der Waals surface area contributed by atoms with Gasteiger partial charge in [-0.25, -0.2) is 14.4 Å². The third kappa shape index (κ3) is 6.54. The number of rotatable bonds is 10. The predicted octanol–water partition coefficient (Wildman–Crippen LogP) is 3.16. The van der Waals surface area contributed by atoms with Crippen LogP contribution >= 0.6 is 11.6 Å². The number of aromatic nitrogens is 2. The summed E-state index contributed by atoms with van der Waals surface area (Å²) in [5.41, 5.74) is 0.794. The van der Waals surface area contributed by atoms with E-state index in [2.05, 4.69) is 15.3 Å². The van der Waals surface area contributed by atoms with Crippen molar-refractivity contribution in [1.29, 1.82) is 0 Å². The first-order valence-electron chi connectivity index (χ1n) is 9.38. The maximum Gasteiger partial charge on any atom is 0.240 e. The van der Waals surface area contributed by atoms with Gasteiger partial charge in [0, 0.05) is 13.5 Å². The quantitative estimate of drug-likeness (QED) is 0.591. The van der Waals surface area contributed by atoms with E-state index in [1.807, 2.05) is 0 Å². The molecular formula is C20H23ClFN3O4. The van der Waals surface area contributed by atoms with Crippen LogP contribution in [0.3, 0.4) is 0 Å². The summed E-state index contributed by atoms with van der Waals surface area (Å²) in [7, 11) is 0. The van der Waals surface area contributed by atoms with Crippen molar-refractivity contribution in [2.75, 3.05) is 19.8 Å². The highest BCUT2D eigenvalue weighted by Crippen LogP contribution is 2.34.